The molecule has 0 saturated heterocycles. The molecule has 1 aromatic heterocycles. The van der Waals surface area contributed by atoms with Crippen molar-refractivity contribution in [3.63, 3.8) is 0 Å². The monoisotopic (exact) mass is 616 g/mol. The van der Waals surface area contributed by atoms with E-state index in [1.807, 2.05) is 65.0 Å². The SMILES string of the molecule is C/C=C(\NC(C)/C=C(NSCCCF)\C(C)=C/C)C(=O)c1cnn(/C=C/NC(C=C(C)C)Oc2cccc(Cl)c2)c1N. The number of nitrogens with one attached hydrogen (secondary N) is 3. The maximum atomic E-state index is 13.4. The van der Waals surface area contributed by atoms with E-state index >= 15 is 0 Å². The molecule has 0 bridgehead atoms. The zero-order chi connectivity index (χ0) is 31.1. The molecular weight excluding hydrogens is 575 g/mol. The van der Waals surface area contributed by atoms with Crippen LogP contribution < -0.4 is 25.8 Å². The molecule has 2 atom stereocenters. The van der Waals surface area contributed by atoms with Gasteiger partial charge in [-0.2, -0.15) is 5.10 Å². The average molecular weight is 617 g/mol. The lowest BCUT2D eigenvalue weighted by Crippen LogP contribution is -2.29. The summed E-state index contributed by atoms with van der Waals surface area (Å²) in [4.78, 5) is 13.4. The van der Waals surface area contributed by atoms with Gasteiger partial charge >= 0.3 is 0 Å². The summed E-state index contributed by atoms with van der Waals surface area (Å²) in [5.74, 6) is 1.20. The number of aromatic nitrogens is 2. The molecule has 11 heteroatoms. The van der Waals surface area contributed by atoms with Gasteiger partial charge in [-0.25, -0.2) is 4.68 Å². The molecule has 0 aliphatic heterocycles. The van der Waals surface area contributed by atoms with Crippen molar-refractivity contribution in [2.24, 2.45) is 0 Å². The van der Waals surface area contributed by atoms with E-state index < -0.39 is 6.23 Å². The Morgan fingerprint density at radius 1 is 1.21 bits per heavy atom. The maximum Gasteiger partial charge on any atom is 0.213 e. The number of carbonyl (C=O) groups excluding carboxylic acids is 1. The van der Waals surface area contributed by atoms with Crippen LogP contribution in [0.25, 0.3) is 6.20 Å². The number of allylic oxidation sites excluding steroid dienone is 5. The minimum Gasteiger partial charge on any atom is -0.467 e. The van der Waals surface area contributed by atoms with Crippen LogP contribution in [0.15, 0.2) is 83.5 Å². The second kappa shape index (κ2) is 18.0. The van der Waals surface area contributed by atoms with Crippen molar-refractivity contribution < 1.29 is 13.9 Å². The number of halogens is 2. The van der Waals surface area contributed by atoms with Crippen LogP contribution in [0.1, 0.15) is 58.3 Å². The van der Waals surface area contributed by atoms with Crippen molar-refractivity contribution in [1.82, 2.24) is 25.1 Å². The fourth-order valence-corrected chi connectivity index (χ4v) is 4.52. The summed E-state index contributed by atoms with van der Waals surface area (Å²) in [7, 11) is 0. The number of nitrogens with two attached hydrogens (primary N) is 1. The highest BCUT2D eigenvalue weighted by molar-refractivity contribution is 7.97. The molecule has 0 aliphatic carbocycles. The minimum absolute atomic E-state index is 0.189. The molecule has 8 nitrogen and oxygen atoms in total. The van der Waals surface area contributed by atoms with Crippen LogP contribution in [-0.2, 0) is 0 Å². The first-order valence-electron chi connectivity index (χ1n) is 13.7. The predicted molar refractivity (Wildman–Crippen MR) is 175 cm³/mol. The molecule has 0 aliphatic rings. The van der Waals surface area contributed by atoms with E-state index in [0.717, 1.165) is 16.8 Å². The number of benzene rings is 1. The highest BCUT2D eigenvalue weighted by Crippen LogP contribution is 2.19. The molecule has 0 spiro atoms. The summed E-state index contributed by atoms with van der Waals surface area (Å²) in [6.07, 6.45) is 12.3. The molecule has 228 valence electrons. The van der Waals surface area contributed by atoms with Crippen LogP contribution in [0.2, 0.25) is 5.02 Å². The summed E-state index contributed by atoms with van der Waals surface area (Å²) in [6, 6.07) is 6.96. The van der Waals surface area contributed by atoms with E-state index in [-0.39, 0.29) is 29.9 Å². The average Bonchev–Trinajstić information content (AvgIpc) is 3.32. The van der Waals surface area contributed by atoms with Gasteiger partial charge in [0.1, 0.15) is 11.6 Å². The first-order chi connectivity index (χ1) is 20.1. The second-order valence-corrected chi connectivity index (χ2v) is 11.0. The molecule has 2 unspecified atom stereocenters. The highest BCUT2D eigenvalue weighted by Gasteiger charge is 2.19. The van der Waals surface area contributed by atoms with Crippen LogP contribution in [0, 0.1) is 0 Å². The number of alkyl halides is 1. The summed E-state index contributed by atoms with van der Waals surface area (Å²) >= 11 is 7.53. The number of Topliss-reactive ketones (excluding diaryl/α,β-unsaturated/α-hetero) is 1. The van der Waals surface area contributed by atoms with Gasteiger partial charge in [0.2, 0.25) is 5.78 Å². The molecule has 2 aromatic rings. The van der Waals surface area contributed by atoms with Crippen LogP contribution in [0.4, 0.5) is 10.2 Å². The fourth-order valence-electron chi connectivity index (χ4n) is 3.60. The number of anilines is 1. The molecule has 0 fully saturated rings. The van der Waals surface area contributed by atoms with Crippen molar-refractivity contribution in [1.29, 1.82) is 0 Å². The van der Waals surface area contributed by atoms with Crippen LogP contribution in [0.3, 0.4) is 0 Å². The minimum atomic E-state index is -0.469. The number of ether oxygens (including phenoxy) is 1. The van der Waals surface area contributed by atoms with Crippen molar-refractivity contribution in [2.45, 2.75) is 60.2 Å². The number of hydrogen-bond acceptors (Lipinski definition) is 8. The second-order valence-electron chi connectivity index (χ2n) is 9.62. The Balaban J connectivity index is 2.12. The number of rotatable bonds is 17. The molecule has 0 radical (unpaired) electrons. The van der Waals surface area contributed by atoms with Crippen molar-refractivity contribution in [3.8, 4) is 5.75 Å². The molecule has 5 N–H and O–H groups in total. The van der Waals surface area contributed by atoms with Gasteiger partial charge in [0.25, 0.3) is 0 Å². The largest absolute Gasteiger partial charge is 0.467 e. The Morgan fingerprint density at radius 2 is 1.98 bits per heavy atom. The lowest BCUT2D eigenvalue weighted by molar-refractivity contribution is 0.102. The Hall–Kier alpha value is -3.63. The molecule has 1 aromatic carbocycles. The van der Waals surface area contributed by atoms with E-state index in [1.165, 1.54) is 22.8 Å². The van der Waals surface area contributed by atoms with Gasteiger partial charge in [-0.3, -0.25) is 9.18 Å². The maximum absolute atomic E-state index is 13.4. The molecule has 0 saturated carbocycles. The quantitative estimate of drug-likeness (QED) is 0.0286. The van der Waals surface area contributed by atoms with Crippen molar-refractivity contribution in [3.05, 3.63) is 94.1 Å². The Morgan fingerprint density at radius 3 is 2.62 bits per heavy atom. The molecule has 0 amide bonds. The molecule has 2 rings (SSSR count). The topological polar surface area (TPSA) is 106 Å². The van der Waals surface area contributed by atoms with Gasteiger partial charge in [-0.15, -0.1) is 0 Å². The van der Waals surface area contributed by atoms with E-state index in [1.54, 1.807) is 37.5 Å². The van der Waals surface area contributed by atoms with Gasteiger partial charge in [0.15, 0.2) is 6.23 Å². The third-order valence-corrected chi connectivity index (χ3v) is 6.94. The number of nitrogen functional groups attached to an aromatic ring is 1. The Labute approximate surface area is 258 Å². The molecule has 1 heterocycles. The van der Waals surface area contributed by atoms with Crippen LogP contribution in [-0.4, -0.2) is 40.3 Å². The third-order valence-electron chi connectivity index (χ3n) is 5.85. The zero-order valence-electron chi connectivity index (χ0n) is 25.1. The summed E-state index contributed by atoms with van der Waals surface area (Å²) < 4.78 is 23.2. The highest BCUT2D eigenvalue weighted by atomic mass is 35.5. The van der Waals surface area contributed by atoms with Crippen LogP contribution >= 0.6 is 23.5 Å². The van der Waals surface area contributed by atoms with Crippen molar-refractivity contribution in [2.75, 3.05) is 18.2 Å². The normalized spacial score (nSPS) is 14.0. The summed E-state index contributed by atoms with van der Waals surface area (Å²) in [5.41, 5.74) is 9.99. The van der Waals surface area contributed by atoms with Gasteiger partial charge in [0, 0.05) is 34.9 Å². The van der Waals surface area contributed by atoms with E-state index in [0.29, 0.717) is 28.6 Å². The standard InChI is InChI=1S/C31H42ClFN6O2S/c1-7-22(5)28(38-42-16-10-13-33)18-23(6)37-27(8-2)30(40)26-20-36-39(31(26)34)15-14-35-29(17-21(3)4)41-25-12-9-11-24(32)19-25/h7-9,11-12,14-15,17-20,23,29,35,37-38H,10,13,16,34H2,1-6H3/b15-14+,22-7-,27-8-,28-18+. The van der Waals surface area contributed by atoms with Gasteiger partial charge < -0.3 is 25.8 Å². The number of hydrogen-bond donors (Lipinski definition) is 4. The number of carbonyl (C=O) groups is 1. The van der Waals surface area contributed by atoms with Gasteiger partial charge in [-0.1, -0.05) is 47.3 Å². The lowest BCUT2D eigenvalue weighted by atomic mass is 10.1. The number of nitrogens with zero attached hydrogens (tertiary/aromatic N) is 2. The number of ketones is 1. The third kappa shape index (κ3) is 11.3. The zero-order valence-corrected chi connectivity index (χ0v) is 26.7. The van der Waals surface area contributed by atoms with Crippen molar-refractivity contribution >= 4 is 41.3 Å². The first-order valence-corrected chi connectivity index (χ1v) is 15.0. The van der Waals surface area contributed by atoms with E-state index in [2.05, 4.69) is 20.5 Å². The van der Waals surface area contributed by atoms with Gasteiger partial charge in [-0.05, 0) is 83.9 Å². The predicted octanol–water partition coefficient (Wildman–Crippen LogP) is 7.02. The first kappa shape index (κ1) is 34.6. The molecular formula is C31H42ClFN6O2S. The van der Waals surface area contributed by atoms with Gasteiger partial charge in [0.05, 0.1) is 24.1 Å². The van der Waals surface area contributed by atoms with E-state index in [9.17, 15) is 9.18 Å². The Kier molecular flexibility index (Phi) is 14.8. The summed E-state index contributed by atoms with van der Waals surface area (Å²) in [5, 5.41) is 11.3. The van der Waals surface area contributed by atoms with Crippen LogP contribution in [0.5, 0.6) is 5.75 Å². The fraction of sp³-hybridized carbons (Fsp3) is 0.355. The molecule has 42 heavy (non-hydrogen) atoms. The smallest absolute Gasteiger partial charge is 0.213 e. The summed E-state index contributed by atoms with van der Waals surface area (Å²) in [6.45, 7) is 11.3. The lowest BCUT2D eigenvalue weighted by Gasteiger charge is -2.17. The van der Waals surface area contributed by atoms with E-state index in [4.69, 9.17) is 22.1 Å². The Bertz CT molecular complexity index is 1330.